The molecule has 2 rings (SSSR count). The average molecular weight is 380 g/mol. The van der Waals surface area contributed by atoms with Crippen LogP contribution in [0.1, 0.15) is 31.9 Å². The summed E-state index contributed by atoms with van der Waals surface area (Å²) >= 11 is 2.46. The summed E-state index contributed by atoms with van der Waals surface area (Å²) < 4.78 is 0.592. The molecule has 0 bridgehead atoms. The molecule has 1 atom stereocenters. The fourth-order valence-corrected chi connectivity index (χ4v) is 2.81. The molecule has 0 fully saturated rings. The highest BCUT2D eigenvalue weighted by molar-refractivity contribution is 14.1. The van der Waals surface area contributed by atoms with Gasteiger partial charge in [0.25, 0.3) is 0 Å². The van der Waals surface area contributed by atoms with E-state index in [-0.39, 0.29) is 0 Å². The number of alkyl halides is 1. The van der Waals surface area contributed by atoms with E-state index >= 15 is 0 Å². The molecule has 1 unspecified atom stereocenters. The molecule has 0 amide bonds. The second-order valence-electron chi connectivity index (χ2n) is 5.64. The van der Waals surface area contributed by atoms with Gasteiger partial charge in [-0.15, -0.1) is 0 Å². The van der Waals surface area contributed by atoms with Gasteiger partial charge in [-0.2, -0.15) is 0 Å². The van der Waals surface area contributed by atoms with Gasteiger partial charge in [0.1, 0.15) is 0 Å². The minimum absolute atomic E-state index is 0.592. The third-order valence-corrected chi connectivity index (χ3v) is 3.54. The third-order valence-electron chi connectivity index (χ3n) is 3.10. The van der Waals surface area contributed by atoms with Gasteiger partial charge >= 0.3 is 0 Å². The zero-order valence-electron chi connectivity index (χ0n) is 12.3. The highest BCUT2D eigenvalue weighted by atomic mass is 127. The first kappa shape index (κ1) is 15.4. The van der Waals surface area contributed by atoms with Crippen LogP contribution >= 0.6 is 22.6 Å². The van der Waals surface area contributed by atoms with Crippen LogP contribution in [0.15, 0.2) is 36.7 Å². The monoisotopic (exact) mass is 380 g/mol. The molecular formula is C17H21IN2. The topological polar surface area (TPSA) is 25.8 Å². The van der Waals surface area contributed by atoms with E-state index in [0.717, 1.165) is 24.2 Å². The van der Waals surface area contributed by atoms with E-state index in [9.17, 15) is 0 Å². The van der Waals surface area contributed by atoms with E-state index in [2.05, 4.69) is 71.5 Å². The van der Waals surface area contributed by atoms with E-state index in [1.807, 2.05) is 18.5 Å². The van der Waals surface area contributed by atoms with Crippen LogP contribution in [-0.4, -0.2) is 13.9 Å². The van der Waals surface area contributed by atoms with Gasteiger partial charge in [0.05, 0.1) is 11.4 Å². The van der Waals surface area contributed by atoms with Crippen molar-refractivity contribution < 1.29 is 0 Å². The van der Waals surface area contributed by atoms with Crippen molar-refractivity contribution in [1.29, 1.82) is 0 Å². The SMILES string of the molecule is CC(C)Cc1ccnc(-c2ncccc2CC(C)I)c1. The van der Waals surface area contributed by atoms with Crippen LogP contribution in [0.4, 0.5) is 0 Å². The molecule has 0 aliphatic rings. The quantitative estimate of drug-likeness (QED) is 0.555. The maximum absolute atomic E-state index is 4.56. The van der Waals surface area contributed by atoms with Gasteiger partial charge in [-0.25, -0.2) is 0 Å². The fraction of sp³-hybridized carbons (Fsp3) is 0.412. The maximum Gasteiger partial charge on any atom is 0.0918 e. The van der Waals surface area contributed by atoms with Gasteiger partial charge in [0.15, 0.2) is 0 Å². The number of rotatable bonds is 5. The highest BCUT2D eigenvalue weighted by Gasteiger charge is 2.10. The number of halogens is 1. The fourth-order valence-electron chi connectivity index (χ4n) is 2.34. The van der Waals surface area contributed by atoms with Crippen molar-refractivity contribution in [3.8, 4) is 11.4 Å². The summed E-state index contributed by atoms with van der Waals surface area (Å²) in [4.78, 5) is 9.08. The predicted octanol–water partition coefficient (Wildman–Crippen LogP) is 4.71. The van der Waals surface area contributed by atoms with Crippen molar-refractivity contribution in [1.82, 2.24) is 9.97 Å². The normalized spacial score (nSPS) is 12.7. The molecular weight excluding hydrogens is 359 g/mol. The maximum atomic E-state index is 4.56. The van der Waals surface area contributed by atoms with Crippen LogP contribution in [0, 0.1) is 5.92 Å². The van der Waals surface area contributed by atoms with Gasteiger partial charge in [0.2, 0.25) is 0 Å². The average Bonchev–Trinajstić information content (AvgIpc) is 2.38. The second-order valence-corrected chi connectivity index (χ2v) is 7.77. The summed E-state index contributed by atoms with van der Waals surface area (Å²) in [5.41, 5.74) is 4.64. The highest BCUT2D eigenvalue weighted by Crippen LogP contribution is 2.23. The van der Waals surface area contributed by atoms with E-state index in [4.69, 9.17) is 0 Å². The molecule has 0 N–H and O–H groups in total. The minimum atomic E-state index is 0.592. The molecule has 0 aromatic carbocycles. The molecule has 0 radical (unpaired) electrons. The zero-order chi connectivity index (χ0) is 14.5. The number of nitrogens with zero attached hydrogens (tertiary/aromatic N) is 2. The van der Waals surface area contributed by atoms with Crippen LogP contribution in [-0.2, 0) is 12.8 Å². The molecule has 2 aromatic rings. The smallest absolute Gasteiger partial charge is 0.0918 e. The summed E-state index contributed by atoms with van der Waals surface area (Å²) in [6.45, 7) is 6.70. The molecule has 2 nitrogen and oxygen atoms in total. The summed E-state index contributed by atoms with van der Waals surface area (Å²) in [7, 11) is 0. The van der Waals surface area contributed by atoms with Crippen molar-refractivity contribution in [2.24, 2.45) is 5.92 Å². The summed E-state index contributed by atoms with van der Waals surface area (Å²) in [5.74, 6) is 0.655. The number of hydrogen-bond donors (Lipinski definition) is 0. The first-order chi connectivity index (χ1) is 9.56. The van der Waals surface area contributed by atoms with E-state index < -0.39 is 0 Å². The molecule has 0 aliphatic carbocycles. The Kier molecular flexibility index (Phi) is 5.52. The first-order valence-electron chi connectivity index (χ1n) is 7.09. The van der Waals surface area contributed by atoms with E-state index in [0.29, 0.717) is 9.84 Å². The lowest BCUT2D eigenvalue weighted by molar-refractivity contribution is 0.647. The van der Waals surface area contributed by atoms with Crippen molar-refractivity contribution in [3.63, 3.8) is 0 Å². The minimum Gasteiger partial charge on any atom is -0.255 e. The Labute approximate surface area is 135 Å². The molecule has 0 aliphatic heterocycles. The first-order valence-corrected chi connectivity index (χ1v) is 8.34. The van der Waals surface area contributed by atoms with Gasteiger partial charge in [0, 0.05) is 16.3 Å². The largest absolute Gasteiger partial charge is 0.255 e. The summed E-state index contributed by atoms with van der Waals surface area (Å²) in [6, 6.07) is 8.46. The van der Waals surface area contributed by atoms with Crippen LogP contribution in [0.3, 0.4) is 0 Å². The Morgan fingerprint density at radius 2 is 1.85 bits per heavy atom. The summed E-state index contributed by atoms with van der Waals surface area (Å²) in [6.07, 6.45) is 5.87. The second kappa shape index (κ2) is 7.16. The van der Waals surface area contributed by atoms with Gasteiger partial charge < -0.3 is 0 Å². The predicted molar refractivity (Wildman–Crippen MR) is 93.2 cm³/mol. The number of aromatic nitrogens is 2. The van der Waals surface area contributed by atoms with Gasteiger partial charge in [-0.3, -0.25) is 9.97 Å². The lowest BCUT2D eigenvalue weighted by Gasteiger charge is -2.11. The molecule has 0 saturated carbocycles. The van der Waals surface area contributed by atoms with Crippen molar-refractivity contribution in [2.45, 2.75) is 37.5 Å². The molecule has 2 heterocycles. The Hall–Kier alpha value is -0.970. The molecule has 0 spiro atoms. The Morgan fingerprint density at radius 3 is 2.55 bits per heavy atom. The lowest BCUT2D eigenvalue weighted by atomic mass is 10.0. The van der Waals surface area contributed by atoms with Crippen molar-refractivity contribution >= 4 is 22.6 Å². The van der Waals surface area contributed by atoms with Crippen LogP contribution in [0.25, 0.3) is 11.4 Å². The summed E-state index contributed by atoms with van der Waals surface area (Å²) in [5, 5.41) is 0. The van der Waals surface area contributed by atoms with Crippen molar-refractivity contribution in [3.05, 3.63) is 47.8 Å². The van der Waals surface area contributed by atoms with Gasteiger partial charge in [-0.1, -0.05) is 49.4 Å². The zero-order valence-corrected chi connectivity index (χ0v) is 14.5. The number of pyridine rings is 2. The Morgan fingerprint density at radius 1 is 1.05 bits per heavy atom. The molecule has 0 saturated heterocycles. The molecule has 2 aromatic heterocycles. The number of hydrogen-bond acceptors (Lipinski definition) is 2. The van der Waals surface area contributed by atoms with Crippen LogP contribution < -0.4 is 0 Å². The molecule has 3 heteroatoms. The Balaban J connectivity index is 2.36. The van der Waals surface area contributed by atoms with Gasteiger partial charge in [-0.05, 0) is 48.1 Å². The van der Waals surface area contributed by atoms with Crippen LogP contribution in [0.5, 0.6) is 0 Å². The van der Waals surface area contributed by atoms with Crippen LogP contribution in [0.2, 0.25) is 0 Å². The van der Waals surface area contributed by atoms with Crippen molar-refractivity contribution in [2.75, 3.05) is 0 Å². The lowest BCUT2D eigenvalue weighted by Crippen LogP contribution is -2.02. The third kappa shape index (κ3) is 4.27. The standard InChI is InChI=1S/C17H21IN2/c1-12(2)9-14-6-8-19-16(11-14)17-15(10-13(3)18)5-4-7-20-17/h4-8,11-13H,9-10H2,1-3H3. The molecule has 20 heavy (non-hydrogen) atoms. The molecule has 106 valence electrons. The van der Waals surface area contributed by atoms with E-state index in [1.165, 1.54) is 11.1 Å². The Bertz CT molecular complexity index is 564. The van der Waals surface area contributed by atoms with E-state index in [1.54, 1.807) is 0 Å².